The third-order valence-corrected chi connectivity index (χ3v) is 4.15. The summed E-state index contributed by atoms with van der Waals surface area (Å²) in [7, 11) is 0. The maximum absolute atomic E-state index is 12.1. The van der Waals surface area contributed by atoms with Gasteiger partial charge in [-0.15, -0.1) is 0 Å². The van der Waals surface area contributed by atoms with Crippen molar-refractivity contribution in [1.82, 2.24) is 19.6 Å². The third-order valence-electron chi connectivity index (χ3n) is 4.15. The lowest BCUT2D eigenvalue weighted by atomic mass is 9.87. The number of rotatable bonds is 3. The van der Waals surface area contributed by atoms with Gasteiger partial charge in [-0.2, -0.15) is 10.2 Å². The van der Waals surface area contributed by atoms with Gasteiger partial charge in [0.15, 0.2) is 0 Å². The number of nitrogens with one attached hydrogen (secondary N) is 1. The van der Waals surface area contributed by atoms with Crippen LogP contribution in [0.25, 0.3) is 0 Å². The monoisotopic (exact) mass is 287 g/mol. The highest BCUT2D eigenvalue weighted by atomic mass is 16.1. The number of amides is 1. The van der Waals surface area contributed by atoms with Gasteiger partial charge in [-0.1, -0.05) is 0 Å². The molecule has 6 heteroatoms. The largest absolute Gasteiger partial charge is 0.311 e. The van der Waals surface area contributed by atoms with Crippen LogP contribution in [0.5, 0.6) is 0 Å². The van der Waals surface area contributed by atoms with Crippen LogP contribution in [-0.4, -0.2) is 25.5 Å². The lowest BCUT2D eigenvalue weighted by molar-refractivity contribution is -0.116. The summed E-state index contributed by atoms with van der Waals surface area (Å²) in [6, 6.07) is 0.215. The van der Waals surface area contributed by atoms with Crippen molar-refractivity contribution in [2.45, 2.75) is 52.6 Å². The Morgan fingerprint density at radius 2 is 2.05 bits per heavy atom. The number of aromatic nitrogens is 4. The molecule has 1 aliphatic rings. The lowest BCUT2D eigenvalue weighted by Crippen LogP contribution is -2.25. The molecule has 0 aliphatic carbocycles. The molecule has 0 radical (unpaired) electrons. The van der Waals surface area contributed by atoms with E-state index in [-0.39, 0.29) is 17.9 Å². The molecule has 21 heavy (non-hydrogen) atoms. The van der Waals surface area contributed by atoms with E-state index in [2.05, 4.69) is 43.2 Å². The molecule has 0 bridgehead atoms. The van der Waals surface area contributed by atoms with Gasteiger partial charge in [0.25, 0.3) is 0 Å². The number of nitrogens with zero attached hydrogens (tertiary/aromatic N) is 4. The Labute approximate surface area is 124 Å². The van der Waals surface area contributed by atoms with Crippen LogP contribution in [0.4, 0.5) is 5.82 Å². The second-order valence-corrected chi connectivity index (χ2v) is 5.79. The Hall–Kier alpha value is -2.11. The van der Waals surface area contributed by atoms with E-state index in [0.717, 1.165) is 29.2 Å². The van der Waals surface area contributed by atoms with Crippen LogP contribution in [0.1, 0.15) is 56.0 Å². The Kier molecular flexibility index (Phi) is 3.31. The van der Waals surface area contributed by atoms with Crippen LogP contribution in [0.15, 0.2) is 12.4 Å². The zero-order valence-corrected chi connectivity index (χ0v) is 12.9. The van der Waals surface area contributed by atoms with Crippen molar-refractivity contribution in [3.63, 3.8) is 0 Å². The molecule has 3 rings (SSSR count). The quantitative estimate of drug-likeness (QED) is 0.943. The molecule has 1 aliphatic heterocycles. The summed E-state index contributed by atoms with van der Waals surface area (Å²) >= 11 is 0. The topological polar surface area (TPSA) is 64.7 Å². The van der Waals surface area contributed by atoms with E-state index in [9.17, 15) is 4.79 Å². The van der Waals surface area contributed by atoms with Crippen molar-refractivity contribution in [2.24, 2.45) is 0 Å². The molecule has 2 aromatic heterocycles. The van der Waals surface area contributed by atoms with Crippen molar-refractivity contribution in [2.75, 3.05) is 5.32 Å². The standard InChI is InChI=1S/C15H21N5O/c1-5-19-10(4)12(7-16-19)11-6-14(21)18-15-13(11)8-17-20(15)9(2)3/h7-9,11H,5-6H2,1-4H3,(H,18,21)/t11-/m0/s1. The van der Waals surface area contributed by atoms with Crippen molar-refractivity contribution >= 4 is 11.7 Å². The summed E-state index contributed by atoms with van der Waals surface area (Å²) in [6.45, 7) is 9.08. The summed E-state index contributed by atoms with van der Waals surface area (Å²) in [5.41, 5.74) is 3.33. The smallest absolute Gasteiger partial charge is 0.226 e. The maximum atomic E-state index is 12.1. The fourth-order valence-corrected chi connectivity index (χ4v) is 3.03. The number of carbonyl (C=O) groups is 1. The van der Waals surface area contributed by atoms with E-state index in [4.69, 9.17) is 0 Å². The molecule has 1 amide bonds. The molecule has 0 unspecified atom stereocenters. The van der Waals surface area contributed by atoms with Crippen molar-refractivity contribution in [3.8, 4) is 0 Å². The van der Waals surface area contributed by atoms with Gasteiger partial charge in [0.05, 0.1) is 12.4 Å². The Balaban J connectivity index is 2.09. The minimum atomic E-state index is 0.0403. The van der Waals surface area contributed by atoms with Crippen LogP contribution < -0.4 is 5.32 Å². The van der Waals surface area contributed by atoms with Crippen LogP contribution >= 0.6 is 0 Å². The zero-order valence-electron chi connectivity index (χ0n) is 12.9. The van der Waals surface area contributed by atoms with Crippen LogP contribution in [0.3, 0.4) is 0 Å². The summed E-state index contributed by atoms with van der Waals surface area (Å²) < 4.78 is 3.84. The van der Waals surface area contributed by atoms with E-state index in [0.29, 0.717) is 6.42 Å². The zero-order chi connectivity index (χ0) is 15.1. The highest BCUT2D eigenvalue weighted by Gasteiger charge is 2.32. The number of carbonyl (C=O) groups excluding carboxylic acids is 1. The molecule has 2 aromatic rings. The molecule has 3 heterocycles. The van der Waals surface area contributed by atoms with Crippen molar-refractivity contribution in [1.29, 1.82) is 0 Å². The number of hydrogen-bond donors (Lipinski definition) is 1. The SMILES string of the molecule is CCn1ncc([C@@H]2CC(=O)Nc3c2cnn3C(C)C)c1C. The Morgan fingerprint density at radius 1 is 1.33 bits per heavy atom. The molecule has 0 fully saturated rings. The average Bonchev–Trinajstić information content (AvgIpc) is 3.01. The van der Waals surface area contributed by atoms with Gasteiger partial charge in [-0.3, -0.25) is 9.48 Å². The van der Waals surface area contributed by atoms with Crippen molar-refractivity contribution < 1.29 is 4.79 Å². The summed E-state index contributed by atoms with van der Waals surface area (Å²) in [5, 5.41) is 11.8. The highest BCUT2D eigenvalue weighted by molar-refractivity contribution is 5.94. The third kappa shape index (κ3) is 2.14. The normalized spacial score (nSPS) is 18.0. The number of anilines is 1. The van der Waals surface area contributed by atoms with Gasteiger partial charge in [0, 0.05) is 41.7 Å². The minimum absolute atomic E-state index is 0.0403. The first kappa shape index (κ1) is 13.9. The van der Waals surface area contributed by atoms with Gasteiger partial charge in [-0.05, 0) is 27.7 Å². The Bertz CT molecular complexity index is 682. The molecule has 0 aromatic carbocycles. The number of aryl methyl sites for hydroxylation is 1. The van der Waals surface area contributed by atoms with E-state index in [1.54, 1.807) is 0 Å². The number of hydrogen-bond acceptors (Lipinski definition) is 3. The molecular formula is C15H21N5O. The van der Waals surface area contributed by atoms with Crippen molar-refractivity contribution in [3.05, 3.63) is 29.2 Å². The summed E-state index contributed by atoms with van der Waals surface area (Å²) in [6.07, 6.45) is 4.22. The fourth-order valence-electron chi connectivity index (χ4n) is 3.03. The maximum Gasteiger partial charge on any atom is 0.226 e. The lowest BCUT2D eigenvalue weighted by Gasteiger charge is -2.24. The Morgan fingerprint density at radius 3 is 2.67 bits per heavy atom. The molecule has 0 saturated heterocycles. The first-order valence-corrected chi connectivity index (χ1v) is 7.42. The van der Waals surface area contributed by atoms with Gasteiger partial charge in [-0.25, -0.2) is 4.68 Å². The molecule has 0 spiro atoms. The summed E-state index contributed by atoms with van der Waals surface area (Å²) in [4.78, 5) is 12.1. The van der Waals surface area contributed by atoms with Crippen LogP contribution in [-0.2, 0) is 11.3 Å². The van der Waals surface area contributed by atoms with Gasteiger partial charge < -0.3 is 5.32 Å². The predicted molar refractivity (Wildman–Crippen MR) is 80.3 cm³/mol. The van der Waals surface area contributed by atoms with Gasteiger partial charge in [0.1, 0.15) is 5.82 Å². The summed E-state index contributed by atoms with van der Waals surface area (Å²) in [5.74, 6) is 0.912. The van der Waals surface area contributed by atoms with Gasteiger partial charge in [0.2, 0.25) is 5.91 Å². The molecule has 1 N–H and O–H groups in total. The molecule has 0 saturated carbocycles. The first-order chi connectivity index (χ1) is 10.0. The average molecular weight is 287 g/mol. The van der Waals surface area contributed by atoms with E-state index < -0.39 is 0 Å². The van der Waals surface area contributed by atoms with E-state index in [1.807, 2.05) is 21.8 Å². The molecule has 6 nitrogen and oxygen atoms in total. The molecule has 112 valence electrons. The second kappa shape index (κ2) is 5.02. The highest BCUT2D eigenvalue weighted by Crippen LogP contribution is 2.38. The number of fused-ring (bicyclic) bond motifs is 1. The predicted octanol–water partition coefficient (Wildman–Crippen LogP) is 2.46. The van der Waals surface area contributed by atoms with E-state index in [1.165, 1.54) is 0 Å². The van der Waals surface area contributed by atoms with Crippen LogP contribution in [0.2, 0.25) is 0 Å². The first-order valence-electron chi connectivity index (χ1n) is 7.42. The second-order valence-electron chi connectivity index (χ2n) is 5.79. The van der Waals surface area contributed by atoms with Gasteiger partial charge >= 0.3 is 0 Å². The van der Waals surface area contributed by atoms with E-state index >= 15 is 0 Å². The molecular weight excluding hydrogens is 266 g/mol. The van der Waals surface area contributed by atoms with Crippen LogP contribution in [0, 0.1) is 6.92 Å². The minimum Gasteiger partial charge on any atom is -0.311 e. The molecule has 1 atom stereocenters. The fraction of sp³-hybridized carbons (Fsp3) is 0.533.